The van der Waals surface area contributed by atoms with E-state index in [1.165, 1.54) is 0 Å². The van der Waals surface area contributed by atoms with E-state index < -0.39 is 6.04 Å². The number of hydrogen-bond donors (Lipinski definition) is 1. The maximum absolute atomic E-state index is 13.2. The van der Waals surface area contributed by atoms with E-state index in [2.05, 4.69) is 5.32 Å². The molecule has 2 amide bonds. The average Bonchev–Trinajstić information content (AvgIpc) is 2.77. The van der Waals surface area contributed by atoms with Gasteiger partial charge in [0.25, 0.3) is 5.91 Å². The Morgan fingerprint density at radius 3 is 2.26 bits per heavy atom. The highest BCUT2D eigenvalue weighted by Crippen LogP contribution is 2.26. The molecule has 0 aromatic heterocycles. The number of ether oxygens (including phenoxy) is 2. The number of methoxy groups -OCH3 is 1. The van der Waals surface area contributed by atoms with Gasteiger partial charge in [-0.1, -0.05) is 62.7 Å². The molecule has 0 fully saturated rings. The molecule has 2 aromatic rings. The van der Waals surface area contributed by atoms with Crippen molar-refractivity contribution in [2.24, 2.45) is 5.92 Å². The Labute approximate surface area is 185 Å². The zero-order valence-corrected chi connectivity index (χ0v) is 19.2. The molecular weight excluding hydrogens is 392 g/mol. The maximum atomic E-state index is 13.2. The van der Waals surface area contributed by atoms with Crippen LogP contribution in [-0.2, 0) is 16.1 Å². The van der Waals surface area contributed by atoms with Crippen LogP contribution >= 0.6 is 0 Å². The van der Waals surface area contributed by atoms with Crippen molar-refractivity contribution >= 4 is 11.8 Å². The number of para-hydroxylation sites is 2. The van der Waals surface area contributed by atoms with Gasteiger partial charge < -0.3 is 19.7 Å². The smallest absolute Gasteiger partial charge is 0.261 e. The van der Waals surface area contributed by atoms with Crippen LogP contribution in [-0.4, -0.2) is 43.0 Å². The van der Waals surface area contributed by atoms with E-state index in [1.807, 2.05) is 64.1 Å². The molecule has 6 nitrogen and oxygen atoms in total. The van der Waals surface area contributed by atoms with Gasteiger partial charge in [0.2, 0.25) is 5.91 Å². The Hall–Kier alpha value is -3.02. The molecule has 0 spiro atoms. The van der Waals surface area contributed by atoms with Crippen molar-refractivity contribution in [3.05, 3.63) is 59.7 Å². The fraction of sp³-hybridized carbons (Fsp3) is 0.440. The summed E-state index contributed by atoms with van der Waals surface area (Å²) in [7, 11) is 1.56. The summed E-state index contributed by atoms with van der Waals surface area (Å²) < 4.78 is 11.0. The van der Waals surface area contributed by atoms with E-state index in [-0.39, 0.29) is 18.4 Å². The molecule has 0 aliphatic rings. The highest BCUT2D eigenvalue weighted by atomic mass is 16.5. The summed E-state index contributed by atoms with van der Waals surface area (Å²) in [5.74, 6) is 0.983. The summed E-state index contributed by atoms with van der Waals surface area (Å²) in [5.41, 5.74) is 2.11. The first-order valence-electron chi connectivity index (χ1n) is 10.7. The first-order chi connectivity index (χ1) is 14.8. The van der Waals surface area contributed by atoms with Crippen molar-refractivity contribution < 1.29 is 19.1 Å². The topological polar surface area (TPSA) is 67.9 Å². The largest absolute Gasteiger partial charge is 0.493 e. The third-order valence-corrected chi connectivity index (χ3v) is 4.96. The Bertz CT molecular complexity index is 849. The minimum Gasteiger partial charge on any atom is -0.493 e. The molecule has 6 heteroatoms. The van der Waals surface area contributed by atoms with Crippen LogP contribution in [0.3, 0.4) is 0 Å². The SMILES string of the molecule is CC[C@H](C(=O)NCC(C)C)N(Cc1ccc(C)cc1)C(=O)COc1ccccc1OC. The molecule has 0 saturated heterocycles. The lowest BCUT2D eigenvalue weighted by molar-refractivity contribution is -0.143. The van der Waals surface area contributed by atoms with Gasteiger partial charge in [0.1, 0.15) is 6.04 Å². The Balaban J connectivity index is 2.20. The minimum atomic E-state index is -0.575. The van der Waals surface area contributed by atoms with Crippen LogP contribution in [0.4, 0.5) is 0 Å². The average molecular weight is 427 g/mol. The second-order valence-electron chi connectivity index (χ2n) is 8.01. The molecule has 0 radical (unpaired) electrons. The zero-order valence-electron chi connectivity index (χ0n) is 19.2. The van der Waals surface area contributed by atoms with Crippen molar-refractivity contribution in [1.82, 2.24) is 10.2 Å². The van der Waals surface area contributed by atoms with Gasteiger partial charge in [-0.15, -0.1) is 0 Å². The molecule has 0 heterocycles. The summed E-state index contributed by atoms with van der Waals surface area (Å²) in [6.07, 6.45) is 0.510. The number of carbonyl (C=O) groups is 2. The van der Waals surface area contributed by atoms with Gasteiger partial charge in [-0.2, -0.15) is 0 Å². The van der Waals surface area contributed by atoms with Crippen LogP contribution in [0.5, 0.6) is 11.5 Å². The number of nitrogens with one attached hydrogen (secondary N) is 1. The van der Waals surface area contributed by atoms with Crippen LogP contribution in [0.1, 0.15) is 38.3 Å². The molecule has 2 aromatic carbocycles. The van der Waals surface area contributed by atoms with Gasteiger partial charge in [-0.3, -0.25) is 9.59 Å². The number of aryl methyl sites for hydroxylation is 1. The molecule has 0 aliphatic heterocycles. The van der Waals surface area contributed by atoms with Gasteiger partial charge in [0.15, 0.2) is 18.1 Å². The highest BCUT2D eigenvalue weighted by Gasteiger charge is 2.29. The molecule has 1 atom stereocenters. The maximum Gasteiger partial charge on any atom is 0.261 e. The lowest BCUT2D eigenvalue weighted by atomic mass is 10.1. The number of nitrogens with zero attached hydrogens (tertiary/aromatic N) is 1. The third-order valence-electron chi connectivity index (χ3n) is 4.96. The molecule has 0 saturated carbocycles. The monoisotopic (exact) mass is 426 g/mol. The van der Waals surface area contributed by atoms with Gasteiger partial charge in [-0.05, 0) is 37.0 Å². The van der Waals surface area contributed by atoms with Gasteiger partial charge in [-0.25, -0.2) is 0 Å². The lowest BCUT2D eigenvalue weighted by Crippen LogP contribution is -2.50. The van der Waals surface area contributed by atoms with Crippen molar-refractivity contribution in [1.29, 1.82) is 0 Å². The van der Waals surface area contributed by atoms with Gasteiger partial charge in [0, 0.05) is 13.1 Å². The predicted molar refractivity (Wildman–Crippen MR) is 122 cm³/mol. The molecule has 31 heavy (non-hydrogen) atoms. The second kappa shape index (κ2) is 12.0. The van der Waals surface area contributed by atoms with E-state index in [0.29, 0.717) is 36.9 Å². The van der Waals surface area contributed by atoms with Crippen LogP contribution in [0.25, 0.3) is 0 Å². The number of hydrogen-bond acceptors (Lipinski definition) is 4. The van der Waals surface area contributed by atoms with Crippen molar-refractivity contribution in [3.63, 3.8) is 0 Å². The quantitative estimate of drug-likeness (QED) is 0.591. The predicted octanol–water partition coefficient (Wildman–Crippen LogP) is 3.96. The van der Waals surface area contributed by atoms with E-state index in [0.717, 1.165) is 11.1 Å². The normalized spacial score (nSPS) is 11.7. The minimum absolute atomic E-state index is 0.144. The van der Waals surface area contributed by atoms with Crippen LogP contribution in [0.15, 0.2) is 48.5 Å². The summed E-state index contributed by atoms with van der Waals surface area (Å²) in [5, 5.41) is 2.96. The fourth-order valence-electron chi connectivity index (χ4n) is 3.19. The molecule has 0 bridgehead atoms. The number of carbonyl (C=O) groups excluding carboxylic acids is 2. The number of amides is 2. The standard InChI is InChI=1S/C25H34N2O4/c1-6-21(25(29)26-15-18(2)3)27(16-20-13-11-19(4)12-14-20)24(28)17-31-23-10-8-7-9-22(23)30-5/h7-14,18,21H,6,15-17H2,1-5H3,(H,26,29)/t21-/m1/s1. The first-order valence-corrected chi connectivity index (χ1v) is 10.7. The lowest BCUT2D eigenvalue weighted by Gasteiger charge is -2.31. The van der Waals surface area contributed by atoms with Crippen molar-refractivity contribution in [3.8, 4) is 11.5 Å². The van der Waals surface area contributed by atoms with E-state index in [4.69, 9.17) is 9.47 Å². The van der Waals surface area contributed by atoms with Crippen LogP contribution < -0.4 is 14.8 Å². The van der Waals surface area contributed by atoms with Crippen molar-refractivity contribution in [2.45, 2.75) is 46.7 Å². The van der Waals surface area contributed by atoms with Gasteiger partial charge in [0.05, 0.1) is 7.11 Å². The highest BCUT2D eigenvalue weighted by molar-refractivity contribution is 5.88. The van der Waals surface area contributed by atoms with Gasteiger partial charge >= 0.3 is 0 Å². The summed E-state index contributed by atoms with van der Waals surface area (Å²) in [4.78, 5) is 27.7. The summed E-state index contributed by atoms with van der Waals surface area (Å²) in [6, 6.07) is 14.6. The molecule has 1 N–H and O–H groups in total. The fourth-order valence-corrected chi connectivity index (χ4v) is 3.19. The molecule has 168 valence electrons. The van der Waals surface area contributed by atoms with E-state index in [1.54, 1.807) is 24.1 Å². The number of benzene rings is 2. The van der Waals surface area contributed by atoms with E-state index in [9.17, 15) is 9.59 Å². The zero-order chi connectivity index (χ0) is 22.8. The summed E-state index contributed by atoms with van der Waals surface area (Å²) in [6.45, 7) is 8.73. The molecule has 0 unspecified atom stereocenters. The second-order valence-corrected chi connectivity index (χ2v) is 8.01. The van der Waals surface area contributed by atoms with Crippen LogP contribution in [0.2, 0.25) is 0 Å². The first kappa shape index (κ1) is 24.3. The third kappa shape index (κ3) is 7.31. The summed E-state index contributed by atoms with van der Waals surface area (Å²) >= 11 is 0. The molecular formula is C25H34N2O4. The molecule has 2 rings (SSSR count). The number of rotatable bonds is 11. The Kier molecular flexibility index (Phi) is 9.38. The molecule has 0 aliphatic carbocycles. The van der Waals surface area contributed by atoms with Crippen molar-refractivity contribution in [2.75, 3.05) is 20.3 Å². The Morgan fingerprint density at radius 1 is 1.03 bits per heavy atom. The Morgan fingerprint density at radius 2 is 1.68 bits per heavy atom. The van der Waals surface area contributed by atoms with Crippen LogP contribution in [0, 0.1) is 12.8 Å². The van der Waals surface area contributed by atoms with E-state index >= 15 is 0 Å².